The molecule has 3 rings (SSSR count). The normalized spacial score (nSPS) is 16.7. The molecule has 1 aromatic carbocycles. The van der Waals surface area contributed by atoms with E-state index >= 15 is 0 Å². The molecule has 30 heavy (non-hydrogen) atoms. The summed E-state index contributed by atoms with van der Waals surface area (Å²) in [4.78, 5) is 46.0. The summed E-state index contributed by atoms with van der Waals surface area (Å²) in [6.45, 7) is 5.84. The molecule has 2 aliphatic heterocycles. The molecule has 2 heterocycles. The van der Waals surface area contributed by atoms with E-state index in [0.717, 1.165) is 12.4 Å². The first kappa shape index (κ1) is 21.6. The number of imide groups is 1. The van der Waals surface area contributed by atoms with Crippen LogP contribution in [0, 0.1) is 0 Å². The fourth-order valence-electron chi connectivity index (χ4n) is 3.69. The zero-order chi connectivity index (χ0) is 21.5. The van der Waals surface area contributed by atoms with Crippen molar-refractivity contribution in [3.05, 3.63) is 35.4 Å². The number of carbonyl (C=O) groups excluding carboxylic acids is 3. The van der Waals surface area contributed by atoms with Crippen molar-refractivity contribution in [2.24, 2.45) is 4.99 Å². The Balaban J connectivity index is 1.38. The summed E-state index contributed by atoms with van der Waals surface area (Å²) >= 11 is 0. The van der Waals surface area contributed by atoms with Gasteiger partial charge in [0.15, 0.2) is 5.96 Å². The Bertz CT molecular complexity index is 782. The number of unbranched alkanes of at least 4 members (excludes halogenated alkanes) is 1. The SMILES string of the molecule is CCOC(=O)N1CCN(C(=NC)NCCCCN2C(=O)c3ccccc3C2=O)CC1. The molecule has 0 bridgehead atoms. The van der Waals surface area contributed by atoms with E-state index in [2.05, 4.69) is 15.2 Å². The molecule has 3 amide bonds. The van der Waals surface area contributed by atoms with Crippen molar-refractivity contribution in [3.8, 4) is 0 Å². The Kier molecular flexibility index (Phi) is 7.26. The van der Waals surface area contributed by atoms with Gasteiger partial charge in [0, 0.05) is 46.3 Å². The Morgan fingerprint density at radius 1 is 1.03 bits per heavy atom. The predicted octanol–water partition coefficient (Wildman–Crippen LogP) is 1.41. The van der Waals surface area contributed by atoms with E-state index in [0.29, 0.717) is 63.4 Å². The minimum Gasteiger partial charge on any atom is -0.450 e. The third-order valence-electron chi connectivity index (χ3n) is 5.29. The van der Waals surface area contributed by atoms with E-state index in [1.807, 2.05) is 0 Å². The first-order chi connectivity index (χ1) is 14.6. The van der Waals surface area contributed by atoms with E-state index < -0.39 is 0 Å². The van der Waals surface area contributed by atoms with Crippen LogP contribution in [0.3, 0.4) is 0 Å². The highest BCUT2D eigenvalue weighted by Gasteiger charge is 2.34. The van der Waals surface area contributed by atoms with E-state index in [4.69, 9.17) is 4.74 Å². The van der Waals surface area contributed by atoms with Crippen molar-refractivity contribution in [3.63, 3.8) is 0 Å². The summed E-state index contributed by atoms with van der Waals surface area (Å²) in [6, 6.07) is 6.94. The molecule has 1 saturated heterocycles. The highest BCUT2D eigenvalue weighted by atomic mass is 16.6. The maximum Gasteiger partial charge on any atom is 0.409 e. The summed E-state index contributed by atoms with van der Waals surface area (Å²) in [7, 11) is 1.73. The van der Waals surface area contributed by atoms with Gasteiger partial charge in [0.2, 0.25) is 0 Å². The van der Waals surface area contributed by atoms with Gasteiger partial charge in [-0.2, -0.15) is 0 Å². The largest absolute Gasteiger partial charge is 0.450 e. The van der Waals surface area contributed by atoms with Gasteiger partial charge in [-0.05, 0) is 31.9 Å². The molecule has 2 aliphatic rings. The van der Waals surface area contributed by atoms with Gasteiger partial charge in [-0.3, -0.25) is 19.5 Å². The van der Waals surface area contributed by atoms with Crippen LogP contribution in [0.15, 0.2) is 29.3 Å². The number of fused-ring (bicyclic) bond motifs is 1. The van der Waals surface area contributed by atoms with Gasteiger partial charge < -0.3 is 19.9 Å². The van der Waals surface area contributed by atoms with Crippen LogP contribution in [0.5, 0.6) is 0 Å². The molecular weight excluding hydrogens is 386 g/mol. The number of nitrogens with zero attached hydrogens (tertiary/aromatic N) is 4. The highest BCUT2D eigenvalue weighted by molar-refractivity contribution is 6.21. The number of piperazine rings is 1. The van der Waals surface area contributed by atoms with Crippen molar-refractivity contribution in [2.45, 2.75) is 19.8 Å². The zero-order valence-corrected chi connectivity index (χ0v) is 17.6. The lowest BCUT2D eigenvalue weighted by Gasteiger charge is -2.35. The molecule has 9 heteroatoms. The Labute approximate surface area is 176 Å². The average molecular weight is 415 g/mol. The van der Waals surface area contributed by atoms with Gasteiger partial charge >= 0.3 is 6.09 Å². The second-order valence-corrected chi connectivity index (χ2v) is 7.16. The average Bonchev–Trinajstić information content (AvgIpc) is 3.01. The molecule has 0 spiro atoms. The second kappa shape index (κ2) is 10.1. The molecule has 1 fully saturated rings. The summed E-state index contributed by atoms with van der Waals surface area (Å²) in [5.74, 6) is 0.372. The molecular formula is C21H29N5O4. The highest BCUT2D eigenvalue weighted by Crippen LogP contribution is 2.22. The van der Waals surface area contributed by atoms with Crippen LogP contribution in [0.2, 0.25) is 0 Å². The summed E-state index contributed by atoms with van der Waals surface area (Å²) in [5, 5.41) is 3.33. The van der Waals surface area contributed by atoms with E-state index in [-0.39, 0.29) is 17.9 Å². The molecule has 1 N–H and O–H groups in total. The minimum atomic E-state index is -0.270. The smallest absolute Gasteiger partial charge is 0.409 e. The molecule has 9 nitrogen and oxygen atoms in total. The number of amides is 3. The van der Waals surface area contributed by atoms with Crippen LogP contribution in [0.1, 0.15) is 40.5 Å². The fraction of sp³-hybridized carbons (Fsp3) is 0.524. The molecule has 1 aromatic rings. The fourth-order valence-corrected chi connectivity index (χ4v) is 3.69. The number of ether oxygens (including phenoxy) is 1. The quantitative estimate of drug-likeness (QED) is 0.327. The topological polar surface area (TPSA) is 94.6 Å². The van der Waals surface area contributed by atoms with Gasteiger partial charge in [-0.15, -0.1) is 0 Å². The summed E-state index contributed by atoms with van der Waals surface area (Å²) in [5.41, 5.74) is 0.978. The second-order valence-electron chi connectivity index (χ2n) is 7.16. The zero-order valence-electron chi connectivity index (χ0n) is 17.6. The monoisotopic (exact) mass is 415 g/mol. The number of benzene rings is 1. The number of nitrogens with one attached hydrogen (secondary N) is 1. The lowest BCUT2D eigenvalue weighted by molar-refractivity contribution is 0.0651. The molecule has 0 aliphatic carbocycles. The van der Waals surface area contributed by atoms with Gasteiger partial charge in [-0.1, -0.05) is 12.1 Å². The van der Waals surface area contributed by atoms with Gasteiger partial charge in [0.1, 0.15) is 0 Å². The van der Waals surface area contributed by atoms with Crippen LogP contribution >= 0.6 is 0 Å². The van der Waals surface area contributed by atoms with Gasteiger partial charge in [-0.25, -0.2) is 4.79 Å². The van der Waals surface area contributed by atoms with Gasteiger partial charge in [0.25, 0.3) is 11.8 Å². The Morgan fingerprint density at radius 2 is 1.63 bits per heavy atom. The molecule has 0 radical (unpaired) electrons. The number of aliphatic imine (C=N–C) groups is 1. The first-order valence-electron chi connectivity index (χ1n) is 10.4. The van der Waals surface area contributed by atoms with Crippen molar-refractivity contribution >= 4 is 23.9 Å². The number of rotatable bonds is 6. The molecule has 162 valence electrons. The van der Waals surface area contributed by atoms with Crippen LogP contribution in [0.25, 0.3) is 0 Å². The van der Waals surface area contributed by atoms with Crippen molar-refractivity contribution < 1.29 is 19.1 Å². The number of hydrogen-bond donors (Lipinski definition) is 1. The number of hydrogen-bond acceptors (Lipinski definition) is 5. The lowest BCUT2D eigenvalue weighted by atomic mass is 10.1. The van der Waals surface area contributed by atoms with Crippen LogP contribution < -0.4 is 5.32 Å². The Hall–Kier alpha value is -3.10. The van der Waals surface area contributed by atoms with E-state index in [1.54, 1.807) is 43.1 Å². The maximum absolute atomic E-state index is 12.4. The minimum absolute atomic E-state index is 0.209. The maximum atomic E-state index is 12.4. The number of carbonyl (C=O) groups is 3. The van der Waals surface area contributed by atoms with Crippen molar-refractivity contribution in [1.29, 1.82) is 0 Å². The lowest BCUT2D eigenvalue weighted by Crippen LogP contribution is -2.54. The molecule has 0 atom stereocenters. The van der Waals surface area contributed by atoms with Crippen LogP contribution in [0.4, 0.5) is 4.79 Å². The Morgan fingerprint density at radius 3 is 2.20 bits per heavy atom. The first-order valence-corrected chi connectivity index (χ1v) is 10.4. The predicted molar refractivity (Wildman–Crippen MR) is 113 cm³/mol. The van der Waals surface area contributed by atoms with Crippen LogP contribution in [-0.4, -0.2) is 91.5 Å². The van der Waals surface area contributed by atoms with Crippen LogP contribution in [-0.2, 0) is 4.74 Å². The van der Waals surface area contributed by atoms with E-state index in [9.17, 15) is 14.4 Å². The van der Waals surface area contributed by atoms with Crippen molar-refractivity contribution in [1.82, 2.24) is 20.0 Å². The third-order valence-corrected chi connectivity index (χ3v) is 5.29. The van der Waals surface area contributed by atoms with E-state index in [1.165, 1.54) is 4.90 Å². The van der Waals surface area contributed by atoms with Gasteiger partial charge in [0.05, 0.1) is 17.7 Å². The third kappa shape index (κ3) is 4.72. The molecule has 0 aromatic heterocycles. The standard InChI is InChI=1S/C21H29N5O4/c1-3-30-21(29)25-14-12-24(13-15-25)20(22-2)23-10-6-7-11-26-18(27)16-8-4-5-9-17(16)19(26)28/h4-5,8-9H,3,6-7,10-15H2,1-2H3,(H,22,23). The summed E-state index contributed by atoms with van der Waals surface area (Å²) in [6.07, 6.45) is 1.25. The molecule has 0 saturated carbocycles. The van der Waals surface area contributed by atoms with Crippen molar-refractivity contribution in [2.75, 3.05) is 52.9 Å². The molecule has 0 unspecified atom stereocenters. The summed E-state index contributed by atoms with van der Waals surface area (Å²) < 4.78 is 5.04. The number of guanidine groups is 1.